The molecule has 0 atom stereocenters. The van der Waals surface area contributed by atoms with Crippen LogP contribution >= 0.6 is 0 Å². The zero-order chi connectivity index (χ0) is 14.5. The second kappa shape index (κ2) is 6.18. The lowest BCUT2D eigenvalue weighted by atomic mass is 10.2. The third-order valence-electron chi connectivity index (χ3n) is 2.85. The van der Waals surface area contributed by atoms with E-state index in [0.29, 0.717) is 18.4 Å². The maximum atomic E-state index is 12.1. The van der Waals surface area contributed by atoms with Crippen molar-refractivity contribution in [1.82, 2.24) is 4.57 Å². The highest BCUT2D eigenvalue weighted by Gasteiger charge is 2.10. The van der Waals surface area contributed by atoms with Crippen molar-refractivity contribution in [2.45, 2.75) is 26.3 Å². The number of carbonyl (C=O) groups is 1. The molecule has 0 fully saturated rings. The van der Waals surface area contributed by atoms with Gasteiger partial charge in [-0.25, -0.2) is 9.36 Å². The Morgan fingerprint density at radius 3 is 2.80 bits per heavy atom. The van der Waals surface area contributed by atoms with Crippen LogP contribution in [0.15, 0.2) is 38.3 Å². The molecule has 20 heavy (non-hydrogen) atoms. The number of aromatic nitrogens is 1. The van der Waals surface area contributed by atoms with Crippen LogP contribution in [0, 0.1) is 0 Å². The van der Waals surface area contributed by atoms with Gasteiger partial charge in [0.05, 0.1) is 12.0 Å². The molecule has 0 spiro atoms. The molecule has 2 rings (SSSR count). The SMILES string of the molecule is CCOC(=O)CCCn1c(=O)oc2ccccc2c1=O. The fraction of sp³-hybridized carbons (Fsp3) is 0.357. The van der Waals surface area contributed by atoms with Gasteiger partial charge in [0.1, 0.15) is 5.58 Å². The fourth-order valence-electron chi connectivity index (χ4n) is 1.92. The van der Waals surface area contributed by atoms with Gasteiger partial charge in [0.15, 0.2) is 0 Å². The number of hydrogen-bond acceptors (Lipinski definition) is 5. The average molecular weight is 277 g/mol. The van der Waals surface area contributed by atoms with E-state index in [2.05, 4.69) is 0 Å². The number of esters is 1. The number of carbonyl (C=O) groups excluding carboxylic acids is 1. The van der Waals surface area contributed by atoms with E-state index < -0.39 is 11.3 Å². The van der Waals surface area contributed by atoms with Crippen molar-refractivity contribution in [1.29, 1.82) is 0 Å². The molecule has 0 unspecified atom stereocenters. The van der Waals surface area contributed by atoms with Gasteiger partial charge in [-0.2, -0.15) is 0 Å². The molecule has 0 saturated carbocycles. The average Bonchev–Trinajstić information content (AvgIpc) is 2.43. The van der Waals surface area contributed by atoms with Crippen LogP contribution in [0.25, 0.3) is 11.0 Å². The van der Waals surface area contributed by atoms with Gasteiger partial charge in [0.25, 0.3) is 5.56 Å². The summed E-state index contributed by atoms with van der Waals surface area (Å²) >= 11 is 0. The van der Waals surface area contributed by atoms with E-state index in [0.717, 1.165) is 4.57 Å². The first-order valence-electron chi connectivity index (χ1n) is 6.41. The Morgan fingerprint density at radius 2 is 2.05 bits per heavy atom. The van der Waals surface area contributed by atoms with Gasteiger partial charge in [-0.15, -0.1) is 0 Å². The summed E-state index contributed by atoms with van der Waals surface area (Å²) in [7, 11) is 0. The van der Waals surface area contributed by atoms with E-state index in [4.69, 9.17) is 9.15 Å². The first-order valence-corrected chi connectivity index (χ1v) is 6.41. The smallest absolute Gasteiger partial charge is 0.422 e. The molecule has 0 bridgehead atoms. The van der Waals surface area contributed by atoms with Gasteiger partial charge >= 0.3 is 11.7 Å². The van der Waals surface area contributed by atoms with Gasteiger partial charge in [-0.3, -0.25) is 9.59 Å². The largest absolute Gasteiger partial charge is 0.466 e. The predicted molar refractivity (Wildman–Crippen MR) is 72.6 cm³/mol. The first-order chi connectivity index (χ1) is 9.63. The topological polar surface area (TPSA) is 78.5 Å². The Bertz CT molecular complexity index is 728. The van der Waals surface area contributed by atoms with Crippen LogP contribution in [0.3, 0.4) is 0 Å². The molecule has 1 aromatic carbocycles. The lowest BCUT2D eigenvalue weighted by Crippen LogP contribution is -2.32. The maximum absolute atomic E-state index is 12.1. The minimum Gasteiger partial charge on any atom is -0.466 e. The number of nitrogens with zero attached hydrogens (tertiary/aromatic N) is 1. The lowest BCUT2D eigenvalue weighted by Gasteiger charge is -2.05. The van der Waals surface area contributed by atoms with Crippen molar-refractivity contribution in [3.05, 3.63) is 45.2 Å². The van der Waals surface area contributed by atoms with Crippen LogP contribution in [0.4, 0.5) is 0 Å². The normalized spacial score (nSPS) is 10.7. The molecule has 0 aliphatic heterocycles. The highest BCUT2D eigenvalue weighted by Crippen LogP contribution is 2.06. The van der Waals surface area contributed by atoms with Crippen LogP contribution in [-0.4, -0.2) is 17.1 Å². The monoisotopic (exact) mass is 277 g/mol. The summed E-state index contributed by atoms with van der Waals surface area (Å²) in [5, 5.41) is 0.350. The summed E-state index contributed by atoms with van der Waals surface area (Å²) < 4.78 is 10.9. The summed E-state index contributed by atoms with van der Waals surface area (Å²) in [6.07, 6.45) is 0.508. The van der Waals surface area contributed by atoms with Crippen LogP contribution in [0.1, 0.15) is 19.8 Å². The summed E-state index contributed by atoms with van der Waals surface area (Å²) in [5.74, 6) is -1.05. The second-order valence-electron chi connectivity index (χ2n) is 4.23. The van der Waals surface area contributed by atoms with E-state index in [1.807, 2.05) is 0 Å². The van der Waals surface area contributed by atoms with Crippen molar-refractivity contribution in [2.24, 2.45) is 0 Å². The van der Waals surface area contributed by atoms with Crippen LogP contribution < -0.4 is 11.3 Å². The highest BCUT2D eigenvalue weighted by atomic mass is 16.5. The zero-order valence-electron chi connectivity index (χ0n) is 11.1. The minimum atomic E-state index is -0.711. The van der Waals surface area contributed by atoms with Crippen molar-refractivity contribution < 1.29 is 13.9 Å². The molecule has 0 N–H and O–H groups in total. The van der Waals surface area contributed by atoms with Gasteiger partial charge in [-0.1, -0.05) is 12.1 Å². The first kappa shape index (κ1) is 14.0. The Labute approximate surface area is 114 Å². The van der Waals surface area contributed by atoms with Gasteiger partial charge in [-0.05, 0) is 25.5 Å². The Kier molecular flexibility index (Phi) is 4.34. The van der Waals surface area contributed by atoms with Crippen LogP contribution in [0.2, 0.25) is 0 Å². The quantitative estimate of drug-likeness (QED) is 0.770. The molecule has 1 heterocycles. The predicted octanol–water partition coefficient (Wildman–Crippen LogP) is 1.30. The number of para-hydroxylation sites is 1. The molecular formula is C14H15NO5. The molecule has 1 aromatic heterocycles. The summed E-state index contributed by atoms with van der Waals surface area (Å²) in [6.45, 7) is 2.17. The Hall–Kier alpha value is -2.37. The Morgan fingerprint density at radius 1 is 1.30 bits per heavy atom. The number of benzene rings is 1. The van der Waals surface area contributed by atoms with Crippen LogP contribution in [0.5, 0.6) is 0 Å². The molecule has 0 aliphatic rings. The lowest BCUT2D eigenvalue weighted by molar-refractivity contribution is -0.143. The molecule has 0 aliphatic carbocycles. The van der Waals surface area contributed by atoms with Gasteiger partial charge in [0.2, 0.25) is 0 Å². The number of hydrogen-bond donors (Lipinski definition) is 0. The molecular weight excluding hydrogens is 262 g/mol. The molecule has 6 nitrogen and oxygen atoms in total. The van der Waals surface area contributed by atoms with Crippen molar-refractivity contribution in [3.8, 4) is 0 Å². The number of ether oxygens (including phenoxy) is 1. The molecule has 6 heteroatoms. The standard InChI is InChI=1S/C14H15NO5/c1-2-19-12(16)8-5-9-15-13(17)10-6-3-4-7-11(10)20-14(15)18/h3-4,6-7H,2,5,8-9H2,1H3. The number of fused-ring (bicyclic) bond motifs is 1. The zero-order valence-corrected chi connectivity index (χ0v) is 11.1. The molecule has 0 saturated heterocycles. The van der Waals surface area contributed by atoms with E-state index in [1.54, 1.807) is 31.2 Å². The van der Waals surface area contributed by atoms with Crippen molar-refractivity contribution in [3.63, 3.8) is 0 Å². The third-order valence-corrected chi connectivity index (χ3v) is 2.85. The second-order valence-corrected chi connectivity index (χ2v) is 4.23. The van der Waals surface area contributed by atoms with E-state index in [1.165, 1.54) is 0 Å². The Balaban J connectivity index is 2.20. The van der Waals surface area contributed by atoms with Gasteiger partial charge in [0, 0.05) is 13.0 Å². The van der Waals surface area contributed by atoms with E-state index >= 15 is 0 Å². The third kappa shape index (κ3) is 2.96. The van der Waals surface area contributed by atoms with Crippen molar-refractivity contribution >= 4 is 16.9 Å². The van der Waals surface area contributed by atoms with Crippen molar-refractivity contribution in [2.75, 3.05) is 6.61 Å². The van der Waals surface area contributed by atoms with E-state index in [-0.39, 0.29) is 24.5 Å². The molecule has 0 radical (unpaired) electrons. The maximum Gasteiger partial charge on any atom is 0.422 e. The summed E-state index contributed by atoms with van der Waals surface area (Å²) in [6, 6.07) is 6.56. The van der Waals surface area contributed by atoms with Crippen LogP contribution in [-0.2, 0) is 16.1 Å². The van der Waals surface area contributed by atoms with E-state index in [9.17, 15) is 14.4 Å². The minimum absolute atomic E-state index is 0.130. The molecule has 106 valence electrons. The summed E-state index contributed by atoms with van der Waals surface area (Å²) in [4.78, 5) is 35.1. The highest BCUT2D eigenvalue weighted by molar-refractivity contribution is 5.74. The fourth-order valence-corrected chi connectivity index (χ4v) is 1.92. The molecule has 0 amide bonds. The van der Waals surface area contributed by atoms with Gasteiger partial charge < -0.3 is 9.15 Å². The molecule has 2 aromatic rings. The number of rotatable bonds is 5. The summed E-state index contributed by atoms with van der Waals surface area (Å²) in [5.41, 5.74) is -0.134.